The minimum Gasteiger partial charge on any atom is -0.491 e. The van der Waals surface area contributed by atoms with E-state index < -0.39 is 0 Å². The molecule has 1 rings (SSSR count). The molecule has 7 nitrogen and oxygen atoms in total. The van der Waals surface area contributed by atoms with E-state index >= 15 is 0 Å². The normalized spacial score (nSPS) is 10.9. The first-order valence-electron chi connectivity index (χ1n) is 8.99. The van der Waals surface area contributed by atoms with Gasteiger partial charge in [-0.3, -0.25) is 4.79 Å². The van der Waals surface area contributed by atoms with Crippen molar-refractivity contribution in [1.29, 1.82) is 0 Å². The summed E-state index contributed by atoms with van der Waals surface area (Å²) in [7, 11) is 0. The van der Waals surface area contributed by atoms with E-state index in [9.17, 15) is 4.79 Å². The zero-order valence-corrected chi connectivity index (χ0v) is 17.8. The Bertz CT molecular complexity index is 456. The third-order valence-electron chi connectivity index (χ3n) is 3.22. The van der Waals surface area contributed by atoms with E-state index in [1.54, 1.807) is 24.3 Å². The molecule has 0 fully saturated rings. The van der Waals surface area contributed by atoms with Gasteiger partial charge in [0.15, 0.2) is 0 Å². The molecule has 0 aliphatic rings. The fourth-order valence-electron chi connectivity index (χ4n) is 1.90. The van der Waals surface area contributed by atoms with Crippen LogP contribution in [0.25, 0.3) is 0 Å². The van der Waals surface area contributed by atoms with Crippen LogP contribution in [0.15, 0.2) is 24.3 Å². The molecule has 0 aromatic heterocycles. The highest BCUT2D eigenvalue weighted by molar-refractivity contribution is 14.1. The number of benzene rings is 1. The lowest BCUT2D eigenvalue weighted by Crippen LogP contribution is -2.14. The molecule has 1 aromatic rings. The van der Waals surface area contributed by atoms with Crippen LogP contribution >= 0.6 is 22.6 Å². The number of hydrogen-bond acceptors (Lipinski definition) is 7. The maximum absolute atomic E-state index is 10.6. The number of carbonyl (C=O) groups is 1. The third kappa shape index (κ3) is 14.9. The zero-order valence-electron chi connectivity index (χ0n) is 15.6. The number of carbonyl (C=O) groups excluding carboxylic acids is 1. The van der Waals surface area contributed by atoms with Crippen molar-refractivity contribution in [2.75, 3.05) is 77.1 Å². The molecule has 0 aliphatic heterocycles. The van der Waals surface area contributed by atoms with Gasteiger partial charge < -0.3 is 28.4 Å². The minimum atomic E-state index is 0.451. The van der Waals surface area contributed by atoms with Crippen LogP contribution in [0, 0.1) is 0 Å². The molecular weight excluding hydrogens is 467 g/mol. The van der Waals surface area contributed by atoms with E-state index in [0.717, 1.165) is 23.1 Å². The first-order valence-corrected chi connectivity index (χ1v) is 10.5. The Balaban J connectivity index is 1.76. The molecule has 0 radical (unpaired) electrons. The van der Waals surface area contributed by atoms with Crippen molar-refractivity contribution >= 4 is 28.9 Å². The zero-order chi connectivity index (χ0) is 19.4. The van der Waals surface area contributed by atoms with Gasteiger partial charge in [0.25, 0.3) is 0 Å². The van der Waals surface area contributed by atoms with Crippen molar-refractivity contribution in [3.63, 3.8) is 0 Å². The summed E-state index contributed by atoms with van der Waals surface area (Å²) < 4.78 is 33.4. The second-order valence-electron chi connectivity index (χ2n) is 5.29. The van der Waals surface area contributed by atoms with E-state index in [1.165, 1.54) is 0 Å². The number of halogens is 1. The van der Waals surface area contributed by atoms with Gasteiger partial charge in [0.05, 0.1) is 66.1 Å². The van der Waals surface area contributed by atoms with Crippen LogP contribution in [0.4, 0.5) is 0 Å². The molecule has 0 aliphatic carbocycles. The second kappa shape index (κ2) is 18.6. The first kappa shape index (κ1) is 24.3. The fraction of sp³-hybridized carbons (Fsp3) is 0.632. The van der Waals surface area contributed by atoms with E-state index in [0.29, 0.717) is 71.6 Å². The summed E-state index contributed by atoms with van der Waals surface area (Å²) in [5, 5.41) is 0. The monoisotopic (exact) mass is 496 g/mol. The van der Waals surface area contributed by atoms with Crippen molar-refractivity contribution < 1.29 is 33.2 Å². The smallest absolute Gasteiger partial charge is 0.150 e. The lowest BCUT2D eigenvalue weighted by Gasteiger charge is -2.08. The summed E-state index contributed by atoms with van der Waals surface area (Å²) in [6.45, 7) is 6.13. The molecule has 27 heavy (non-hydrogen) atoms. The van der Waals surface area contributed by atoms with Crippen molar-refractivity contribution in [3.05, 3.63) is 29.8 Å². The van der Waals surface area contributed by atoms with Gasteiger partial charge in [-0.15, -0.1) is 0 Å². The highest BCUT2D eigenvalue weighted by Crippen LogP contribution is 2.10. The van der Waals surface area contributed by atoms with Gasteiger partial charge in [-0.25, -0.2) is 0 Å². The van der Waals surface area contributed by atoms with E-state index in [-0.39, 0.29) is 0 Å². The van der Waals surface area contributed by atoms with Gasteiger partial charge in [0.2, 0.25) is 0 Å². The number of ether oxygens (including phenoxy) is 6. The summed E-state index contributed by atoms with van der Waals surface area (Å²) in [6.07, 6.45) is 0.802. The van der Waals surface area contributed by atoms with Gasteiger partial charge in [-0.2, -0.15) is 0 Å². The molecule has 0 saturated heterocycles. The largest absolute Gasteiger partial charge is 0.491 e. The van der Waals surface area contributed by atoms with Crippen LogP contribution in [0.5, 0.6) is 5.75 Å². The number of hydrogen-bond donors (Lipinski definition) is 0. The van der Waals surface area contributed by atoms with Gasteiger partial charge in [0.1, 0.15) is 18.6 Å². The summed E-state index contributed by atoms with van der Waals surface area (Å²) in [6, 6.07) is 6.95. The van der Waals surface area contributed by atoms with Gasteiger partial charge in [-0.1, -0.05) is 22.6 Å². The summed E-state index contributed by atoms with van der Waals surface area (Å²) in [5.41, 5.74) is 0.629. The molecule has 0 saturated carbocycles. The van der Waals surface area contributed by atoms with Crippen molar-refractivity contribution in [2.45, 2.75) is 0 Å². The fourth-order valence-corrected chi connectivity index (χ4v) is 2.21. The lowest BCUT2D eigenvalue weighted by atomic mass is 10.2. The maximum Gasteiger partial charge on any atom is 0.150 e. The molecule has 0 N–H and O–H groups in total. The standard InChI is InChI=1S/C19H29IO7/c20-5-6-22-7-8-23-9-10-24-11-12-25-13-14-26-15-16-27-19-3-1-18(17-21)2-4-19/h1-4,17H,5-16H2. The predicted molar refractivity (Wildman–Crippen MR) is 110 cm³/mol. The first-order chi connectivity index (χ1) is 13.4. The molecule has 8 heteroatoms. The molecule has 0 spiro atoms. The molecule has 0 atom stereocenters. The molecule has 0 heterocycles. The Morgan fingerprint density at radius 3 is 1.44 bits per heavy atom. The van der Waals surface area contributed by atoms with Crippen molar-refractivity contribution in [1.82, 2.24) is 0 Å². The second-order valence-corrected chi connectivity index (χ2v) is 6.36. The highest BCUT2D eigenvalue weighted by atomic mass is 127. The summed E-state index contributed by atoms with van der Waals surface area (Å²) in [5.74, 6) is 0.717. The number of rotatable bonds is 19. The Morgan fingerprint density at radius 2 is 1.04 bits per heavy atom. The lowest BCUT2D eigenvalue weighted by molar-refractivity contribution is -0.0117. The molecule has 0 unspecified atom stereocenters. The highest BCUT2D eigenvalue weighted by Gasteiger charge is 1.96. The summed E-state index contributed by atoms with van der Waals surface area (Å²) in [4.78, 5) is 10.6. The van der Waals surface area contributed by atoms with Crippen LogP contribution < -0.4 is 4.74 Å². The number of aldehydes is 1. The van der Waals surface area contributed by atoms with Crippen LogP contribution in [0.1, 0.15) is 10.4 Å². The van der Waals surface area contributed by atoms with Crippen molar-refractivity contribution in [3.8, 4) is 5.75 Å². The van der Waals surface area contributed by atoms with Gasteiger partial charge >= 0.3 is 0 Å². The third-order valence-corrected chi connectivity index (χ3v) is 3.66. The topological polar surface area (TPSA) is 72.5 Å². The molecule has 0 amide bonds. The van der Waals surface area contributed by atoms with E-state index in [4.69, 9.17) is 28.4 Å². The van der Waals surface area contributed by atoms with Gasteiger partial charge in [0, 0.05) is 9.99 Å². The maximum atomic E-state index is 10.6. The van der Waals surface area contributed by atoms with Crippen molar-refractivity contribution in [2.24, 2.45) is 0 Å². The van der Waals surface area contributed by atoms with Crippen LogP contribution in [0.3, 0.4) is 0 Å². The predicted octanol–water partition coefficient (Wildman–Crippen LogP) is 2.40. The molecule has 0 bridgehead atoms. The van der Waals surface area contributed by atoms with Crippen LogP contribution in [-0.4, -0.2) is 83.4 Å². The van der Waals surface area contributed by atoms with E-state index in [1.807, 2.05) is 0 Å². The molecular formula is C19H29IO7. The SMILES string of the molecule is O=Cc1ccc(OCCOCCOCCOCCOCCOCCI)cc1. The van der Waals surface area contributed by atoms with Crippen LogP contribution in [0.2, 0.25) is 0 Å². The average Bonchev–Trinajstić information content (AvgIpc) is 2.70. The quantitative estimate of drug-likeness (QED) is 0.126. The molecule has 154 valence electrons. The van der Waals surface area contributed by atoms with Crippen LogP contribution in [-0.2, 0) is 23.7 Å². The minimum absolute atomic E-state index is 0.451. The Labute approximate surface area is 174 Å². The van der Waals surface area contributed by atoms with Gasteiger partial charge in [-0.05, 0) is 24.3 Å². The Kier molecular flexibility index (Phi) is 16.7. The summed E-state index contributed by atoms with van der Waals surface area (Å²) >= 11 is 2.27. The van der Waals surface area contributed by atoms with E-state index in [2.05, 4.69) is 22.6 Å². The Hall–Kier alpha value is -0.780. The average molecular weight is 496 g/mol. The number of alkyl halides is 1. The Morgan fingerprint density at radius 1 is 0.630 bits per heavy atom. The molecule has 1 aromatic carbocycles.